The first-order chi connectivity index (χ1) is 15.4. The number of hydrogen-bond acceptors (Lipinski definition) is 6. The van der Waals surface area contributed by atoms with Crippen LogP contribution in [0, 0.1) is 13.8 Å². The van der Waals surface area contributed by atoms with Crippen LogP contribution in [0.3, 0.4) is 0 Å². The largest absolute Gasteiger partial charge is 0.391 e. The molecule has 2 aromatic heterocycles. The van der Waals surface area contributed by atoms with E-state index < -0.39 is 6.10 Å². The van der Waals surface area contributed by atoms with E-state index in [4.69, 9.17) is 0 Å². The average Bonchev–Trinajstić information content (AvgIpc) is 3.20. The molecule has 32 heavy (non-hydrogen) atoms. The smallest absolute Gasteiger partial charge is 0.269 e. The van der Waals surface area contributed by atoms with Crippen LogP contribution in [-0.4, -0.2) is 42.9 Å². The van der Waals surface area contributed by atoms with Gasteiger partial charge in [0.2, 0.25) is 5.95 Å². The van der Waals surface area contributed by atoms with Crippen molar-refractivity contribution in [2.75, 3.05) is 5.32 Å². The lowest BCUT2D eigenvalue weighted by Gasteiger charge is -2.28. The van der Waals surface area contributed by atoms with E-state index in [9.17, 15) is 9.90 Å². The molecule has 2 heterocycles. The summed E-state index contributed by atoms with van der Waals surface area (Å²) >= 11 is 0. The quantitative estimate of drug-likeness (QED) is 0.546. The van der Waals surface area contributed by atoms with Crippen molar-refractivity contribution in [1.82, 2.24) is 25.1 Å². The molecule has 3 N–H and O–H groups in total. The van der Waals surface area contributed by atoms with Crippen LogP contribution in [0.5, 0.6) is 0 Å². The van der Waals surface area contributed by atoms with Crippen LogP contribution in [-0.2, 0) is 6.54 Å². The minimum atomic E-state index is -0.495. The van der Waals surface area contributed by atoms with Crippen LogP contribution < -0.4 is 10.6 Å². The Kier molecular flexibility index (Phi) is 6.50. The molecule has 8 heteroatoms. The van der Waals surface area contributed by atoms with Crippen molar-refractivity contribution in [3.8, 4) is 11.4 Å². The normalized spacial score (nSPS) is 18.4. The minimum Gasteiger partial charge on any atom is -0.391 e. The molecule has 1 amide bonds. The highest BCUT2D eigenvalue weighted by Crippen LogP contribution is 2.22. The number of nitrogens with zero attached hydrogens (tertiary/aromatic N) is 4. The Morgan fingerprint density at radius 1 is 1.12 bits per heavy atom. The fraction of sp³-hybridized carbons (Fsp3) is 0.417. The fourth-order valence-electron chi connectivity index (χ4n) is 4.23. The number of aliphatic hydroxyl groups is 1. The highest BCUT2D eigenvalue weighted by atomic mass is 16.3. The minimum absolute atomic E-state index is 0.215. The summed E-state index contributed by atoms with van der Waals surface area (Å²) in [5, 5.41) is 21.0. The molecule has 1 aliphatic carbocycles. The van der Waals surface area contributed by atoms with E-state index in [1.807, 2.05) is 32.9 Å². The van der Waals surface area contributed by atoms with Gasteiger partial charge < -0.3 is 15.7 Å². The molecule has 1 fully saturated rings. The first-order valence-electron chi connectivity index (χ1n) is 11.2. The highest BCUT2D eigenvalue weighted by molar-refractivity contribution is 5.93. The third kappa shape index (κ3) is 4.96. The van der Waals surface area contributed by atoms with Crippen LogP contribution in [0.4, 0.5) is 11.6 Å². The Bertz CT molecular complexity index is 1090. The van der Waals surface area contributed by atoms with Gasteiger partial charge in [-0.3, -0.25) is 9.48 Å². The molecule has 4 rings (SSSR count). The maximum Gasteiger partial charge on any atom is 0.269 e. The Balaban J connectivity index is 1.55. The Morgan fingerprint density at radius 3 is 2.59 bits per heavy atom. The van der Waals surface area contributed by atoms with Crippen molar-refractivity contribution >= 4 is 17.5 Å². The highest BCUT2D eigenvalue weighted by Gasteiger charge is 2.26. The second-order valence-corrected chi connectivity index (χ2v) is 8.43. The number of nitrogens with one attached hydrogen (secondary N) is 2. The molecule has 1 aliphatic rings. The standard InChI is InChI=1S/C24H30N6O2/c1-4-30-21(23(32)27-19-7-5-6-8-22(19)31)14-20(29-30)18-9-10-25-24(28-18)26-17-12-15(2)11-16(3)13-17/h9-14,19,22,31H,4-8H2,1-3H3,(H,27,32)(H,25,26,28)/t19-,22+/m0/s1. The van der Waals surface area contributed by atoms with Gasteiger partial charge in [-0.05, 0) is 69.0 Å². The third-order valence-corrected chi connectivity index (χ3v) is 5.75. The summed E-state index contributed by atoms with van der Waals surface area (Å²) in [6.45, 7) is 6.59. The number of amides is 1. The van der Waals surface area contributed by atoms with Gasteiger partial charge in [0, 0.05) is 18.4 Å². The van der Waals surface area contributed by atoms with E-state index in [1.54, 1.807) is 23.0 Å². The number of aromatic nitrogens is 4. The fourth-order valence-corrected chi connectivity index (χ4v) is 4.23. The predicted octanol–water partition coefficient (Wildman–Crippen LogP) is 3.75. The van der Waals surface area contributed by atoms with E-state index in [0.717, 1.165) is 42.5 Å². The SMILES string of the molecule is CCn1nc(-c2ccnc(Nc3cc(C)cc(C)c3)n2)cc1C(=O)N[C@H]1CCCC[C@H]1O. The first kappa shape index (κ1) is 22.0. The van der Waals surface area contributed by atoms with Crippen molar-refractivity contribution in [3.63, 3.8) is 0 Å². The maximum absolute atomic E-state index is 12.9. The average molecular weight is 435 g/mol. The van der Waals surface area contributed by atoms with Gasteiger partial charge >= 0.3 is 0 Å². The topological polar surface area (TPSA) is 105 Å². The molecule has 3 aromatic rings. The summed E-state index contributed by atoms with van der Waals surface area (Å²) in [6.07, 6.45) is 4.70. The first-order valence-corrected chi connectivity index (χ1v) is 11.2. The number of carbonyl (C=O) groups is 1. The number of rotatable bonds is 6. The van der Waals surface area contributed by atoms with Crippen LogP contribution in [0.1, 0.15) is 54.2 Å². The van der Waals surface area contributed by atoms with Crippen LogP contribution in [0.25, 0.3) is 11.4 Å². The van der Waals surface area contributed by atoms with Crippen LogP contribution in [0.2, 0.25) is 0 Å². The summed E-state index contributed by atoms with van der Waals surface area (Å²) < 4.78 is 1.67. The number of aliphatic hydroxyl groups excluding tert-OH is 1. The second-order valence-electron chi connectivity index (χ2n) is 8.43. The number of aryl methyl sites for hydroxylation is 3. The predicted molar refractivity (Wildman–Crippen MR) is 124 cm³/mol. The van der Waals surface area contributed by atoms with Gasteiger partial charge in [-0.2, -0.15) is 5.10 Å². The summed E-state index contributed by atoms with van der Waals surface area (Å²) in [5.41, 5.74) is 4.93. The lowest BCUT2D eigenvalue weighted by atomic mass is 9.92. The summed E-state index contributed by atoms with van der Waals surface area (Å²) in [4.78, 5) is 21.9. The number of hydrogen-bond donors (Lipinski definition) is 3. The molecule has 0 radical (unpaired) electrons. The van der Waals surface area contributed by atoms with Gasteiger partial charge in [0.05, 0.1) is 17.8 Å². The van der Waals surface area contributed by atoms with E-state index >= 15 is 0 Å². The summed E-state index contributed by atoms with van der Waals surface area (Å²) in [6, 6.07) is 9.50. The molecule has 0 unspecified atom stereocenters. The molecule has 1 aromatic carbocycles. The molecule has 1 saturated carbocycles. The van der Waals surface area contributed by atoms with Crippen molar-refractivity contribution in [2.24, 2.45) is 0 Å². The summed E-state index contributed by atoms with van der Waals surface area (Å²) in [5.74, 6) is 0.245. The molecular weight excluding hydrogens is 404 g/mol. The molecule has 8 nitrogen and oxygen atoms in total. The molecule has 0 bridgehead atoms. The van der Waals surface area contributed by atoms with Gasteiger partial charge in [0.25, 0.3) is 5.91 Å². The Hall–Kier alpha value is -3.26. The lowest BCUT2D eigenvalue weighted by molar-refractivity contribution is 0.0710. The molecular formula is C24H30N6O2. The van der Waals surface area contributed by atoms with Crippen molar-refractivity contribution in [3.05, 3.63) is 53.3 Å². The molecule has 0 spiro atoms. The van der Waals surface area contributed by atoms with E-state index in [2.05, 4.69) is 31.8 Å². The van der Waals surface area contributed by atoms with Crippen molar-refractivity contribution < 1.29 is 9.90 Å². The summed E-state index contributed by atoms with van der Waals surface area (Å²) in [7, 11) is 0. The number of carbonyl (C=O) groups excluding carboxylic acids is 1. The second kappa shape index (κ2) is 9.48. The van der Waals surface area contributed by atoms with Gasteiger partial charge in [0.1, 0.15) is 11.4 Å². The lowest BCUT2D eigenvalue weighted by Crippen LogP contribution is -2.45. The molecule has 0 saturated heterocycles. The Morgan fingerprint density at radius 2 is 1.88 bits per heavy atom. The monoisotopic (exact) mass is 434 g/mol. The number of benzene rings is 1. The van der Waals surface area contributed by atoms with E-state index in [-0.39, 0.29) is 11.9 Å². The van der Waals surface area contributed by atoms with Crippen molar-refractivity contribution in [2.45, 2.75) is 65.1 Å². The third-order valence-electron chi connectivity index (χ3n) is 5.75. The van der Waals surface area contributed by atoms with E-state index in [0.29, 0.717) is 29.6 Å². The maximum atomic E-state index is 12.9. The Labute approximate surface area is 188 Å². The van der Waals surface area contributed by atoms with Crippen molar-refractivity contribution in [1.29, 1.82) is 0 Å². The van der Waals surface area contributed by atoms with Gasteiger partial charge in [-0.1, -0.05) is 18.9 Å². The van der Waals surface area contributed by atoms with Crippen LogP contribution >= 0.6 is 0 Å². The number of anilines is 2. The van der Waals surface area contributed by atoms with Gasteiger partial charge in [0.15, 0.2) is 0 Å². The van der Waals surface area contributed by atoms with Gasteiger partial charge in [-0.25, -0.2) is 9.97 Å². The molecule has 0 aliphatic heterocycles. The van der Waals surface area contributed by atoms with Gasteiger partial charge in [-0.15, -0.1) is 0 Å². The van der Waals surface area contributed by atoms with E-state index in [1.165, 1.54) is 0 Å². The molecule has 168 valence electrons. The zero-order chi connectivity index (χ0) is 22.7. The zero-order valence-electron chi connectivity index (χ0n) is 18.8. The zero-order valence-corrected chi connectivity index (χ0v) is 18.8. The van der Waals surface area contributed by atoms with Crippen LogP contribution in [0.15, 0.2) is 36.5 Å². The molecule has 2 atom stereocenters.